The summed E-state index contributed by atoms with van der Waals surface area (Å²) in [7, 11) is 0. The van der Waals surface area contributed by atoms with Crippen LogP contribution in [0.25, 0.3) is 0 Å². The quantitative estimate of drug-likeness (QED) is 0.578. The van der Waals surface area contributed by atoms with Gasteiger partial charge >= 0.3 is 0 Å². The van der Waals surface area contributed by atoms with Crippen molar-refractivity contribution in [1.29, 1.82) is 0 Å². The highest BCUT2D eigenvalue weighted by Crippen LogP contribution is 2.20. The van der Waals surface area contributed by atoms with E-state index in [1.807, 2.05) is 0 Å². The third kappa shape index (κ3) is 4.17. The van der Waals surface area contributed by atoms with Gasteiger partial charge in [-0.25, -0.2) is 4.98 Å². The maximum absolute atomic E-state index is 11.8. The summed E-state index contributed by atoms with van der Waals surface area (Å²) in [4.78, 5) is 31.1. The summed E-state index contributed by atoms with van der Waals surface area (Å²) in [5.74, 6) is -1.28. The molecule has 0 spiro atoms. The predicted octanol–water partition coefficient (Wildman–Crippen LogP) is 0.0476. The number of aromatic hydroxyl groups is 2. The van der Waals surface area contributed by atoms with Gasteiger partial charge < -0.3 is 20.8 Å². The van der Waals surface area contributed by atoms with Crippen LogP contribution in [0.2, 0.25) is 0 Å². The number of rotatable bonds is 5. The fourth-order valence-electron chi connectivity index (χ4n) is 1.69. The van der Waals surface area contributed by atoms with Crippen molar-refractivity contribution < 1.29 is 19.8 Å². The first kappa shape index (κ1) is 15.2. The number of carbonyl (C=O) groups is 2. The number of hydrogen-bond donors (Lipinski definition) is 4. The lowest BCUT2D eigenvalue weighted by molar-refractivity contribution is 0.0924. The van der Waals surface area contributed by atoms with Crippen LogP contribution in [0.5, 0.6) is 11.5 Å². The van der Waals surface area contributed by atoms with Crippen molar-refractivity contribution in [2.24, 2.45) is 0 Å². The molecule has 22 heavy (non-hydrogen) atoms. The Morgan fingerprint density at radius 1 is 0.955 bits per heavy atom. The number of hydrogen-bond acceptors (Lipinski definition) is 6. The molecule has 0 radical (unpaired) electrons. The fraction of sp³-hybridized carbons (Fsp3) is 0.143. The average molecular weight is 302 g/mol. The average Bonchev–Trinajstić information content (AvgIpc) is 2.51. The Hall–Kier alpha value is -3.16. The monoisotopic (exact) mass is 302 g/mol. The third-order valence-electron chi connectivity index (χ3n) is 2.66. The SMILES string of the molecule is O=C(NCCNC(=O)c1cnccn1)c1cc(O)cc(O)c1. The minimum Gasteiger partial charge on any atom is -0.508 e. The molecule has 0 saturated carbocycles. The van der Waals surface area contributed by atoms with Crippen LogP contribution in [0, 0.1) is 0 Å². The molecule has 0 aliphatic rings. The zero-order valence-corrected chi connectivity index (χ0v) is 11.5. The van der Waals surface area contributed by atoms with Crippen LogP contribution < -0.4 is 10.6 Å². The zero-order valence-electron chi connectivity index (χ0n) is 11.5. The summed E-state index contributed by atoms with van der Waals surface area (Å²) in [6, 6.07) is 3.58. The van der Waals surface area contributed by atoms with Gasteiger partial charge in [0.15, 0.2) is 0 Å². The van der Waals surface area contributed by atoms with Crippen LogP contribution in [-0.2, 0) is 0 Å². The van der Waals surface area contributed by atoms with Crippen molar-refractivity contribution in [1.82, 2.24) is 20.6 Å². The molecule has 0 bridgehead atoms. The van der Waals surface area contributed by atoms with Crippen LogP contribution in [0.4, 0.5) is 0 Å². The molecule has 114 valence electrons. The van der Waals surface area contributed by atoms with E-state index < -0.39 is 11.8 Å². The molecular formula is C14H14N4O4. The van der Waals surface area contributed by atoms with Crippen LogP contribution in [0.15, 0.2) is 36.8 Å². The Bertz CT molecular complexity index is 656. The number of phenolic OH excluding ortho intramolecular Hbond substituents is 2. The Morgan fingerprint density at radius 3 is 2.18 bits per heavy atom. The van der Waals surface area contributed by atoms with Gasteiger partial charge in [-0.1, -0.05) is 0 Å². The maximum atomic E-state index is 11.8. The molecule has 0 aliphatic carbocycles. The second-order valence-corrected chi connectivity index (χ2v) is 4.34. The summed E-state index contributed by atoms with van der Waals surface area (Å²) in [5, 5.41) is 23.7. The van der Waals surface area contributed by atoms with E-state index in [9.17, 15) is 19.8 Å². The van der Waals surface area contributed by atoms with Crippen molar-refractivity contribution in [3.63, 3.8) is 0 Å². The van der Waals surface area contributed by atoms with E-state index in [2.05, 4.69) is 20.6 Å². The molecule has 2 aromatic rings. The van der Waals surface area contributed by atoms with E-state index >= 15 is 0 Å². The fourth-order valence-corrected chi connectivity index (χ4v) is 1.69. The minimum atomic E-state index is -0.472. The van der Waals surface area contributed by atoms with Gasteiger partial charge in [-0.2, -0.15) is 0 Å². The van der Waals surface area contributed by atoms with E-state index in [0.29, 0.717) is 0 Å². The number of benzene rings is 1. The number of aromatic nitrogens is 2. The van der Waals surface area contributed by atoms with Crippen molar-refractivity contribution in [2.75, 3.05) is 13.1 Å². The molecule has 1 aromatic carbocycles. The van der Waals surface area contributed by atoms with E-state index in [-0.39, 0.29) is 35.8 Å². The van der Waals surface area contributed by atoms with Crippen molar-refractivity contribution in [3.05, 3.63) is 48.0 Å². The molecule has 0 unspecified atom stereocenters. The number of amides is 2. The lowest BCUT2D eigenvalue weighted by Gasteiger charge is -2.07. The third-order valence-corrected chi connectivity index (χ3v) is 2.66. The van der Waals surface area contributed by atoms with Gasteiger partial charge in [0.1, 0.15) is 17.2 Å². The van der Waals surface area contributed by atoms with Crippen LogP contribution >= 0.6 is 0 Å². The summed E-state index contributed by atoms with van der Waals surface area (Å²) in [6.45, 7) is 0.382. The van der Waals surface area contributed by atoms with Gasteiger partial charge in [0.25, 0.3) is 11.8 Å². The van der Waals surface area contributed by atoms with Crippen molar-refractivity contribution in [3.8, 4) is 11.5 Å². The Kier molecular flexibility index (Phi) is 4.86. The second kappa shape index (κ2) is 7.02. The molecule has 0 saturated heterocycles. The summed E-state index contributed by atoms with van der Waals surface area (Å²) >= 11 is 0. The standard InChI is InChI=1S/C14H14N4O4/c19-10-5-9(6-11(20)7-10)13(21)17-3-4-18-14(22)12-8-15-1-2-16-12/h1-2,5-8,19-20H,3-4H2,(H,17,21)(H,18,22). The van der Waals surface area contributed by atoms with Gasteiger partial charge in [0, 0.05) is 37.1 Å². The smallest absolute Gasteiger partial charge is 0.271 e. The minimum absolute atomic E-state index is 0.123. The van der Waals surface area contributed by atoms with Crippen LogP contribution in [0.1, 0.15) is 20.8 Å². The molecule has 0 atom stereocenters. The van der Waals surface area contributed by atoms with Gasteiger partial charge in [-0.15, -0.1) is 0 Å². The first-order valence-electron chi connectivity index (χ1n) is 6.41. The van der Waals surface area contributed by atoms with Crippen LogP contribution in [-0.4, -0.2) is 45.1 Å². The first-order valence-corrected chi connectivity index (χ1v) is 6.41. The summed E-state index contributed by atoms with van der Waals surface area (Å²) in [6.07, 6.45) is 4.20. The molecule has 1 heterocycles. The number of nitrogens with one attached hydrogen (secondary N) is 2. The molecule has 2 rings (SSSR count). The molecule has 0 aliphatic heterocycles. The first-order chi connectivity index (χ1) is 10.6. The molecule has 8 heteroatoms. The van der Waals surface area contributed by atoms with E-state index in [4.69, 9.17) is 0 Å². The predicted molar refractivity (Wildman–Crippen MR) is 76.5 cm³/mol. The summed E-state index contributed by atoms with van der Waals surface area (Å²) in [5.41, 5.74) is 0.310. The molecule has 4 N–H and O–H groups in total. The second-order valence-electron chi connectivity index (χ2n) is 4.34. The molecule has 0 fully saturated rings. The normalized spacial score (nSPS) is 10.0. The van der Waals surface area contributed by atoms with Gasteiger partial charge in [-0.05, 0) is 12.1 Å². The topological polar surface area (TPSA) is 124 Å². The number of carbonyl (C=O) groups excluding carboxylic acids is 2. The largest absolute Gasteiger partial charge is 0.508 e. The molecular weight excluding hydrogens is 288 g/mol. The van der Waals surface area contributed by atoms with Crippen molar-refractivity contribution >= 4 is 11.8 Å². The molecule has 8 nitrogen and oxygen atoms in total. The van der Waals surface area contributed by atoms with Gasteiger partial charge in [-0.3, -0.25) is 14.6 Å². The summed E-state index contributed by atoms with van der Waals surface area (Å²) < 4.78 is 0. The zero-order chi connectivity index (χ0) is 15.9. The van der Waals surface area contributed by atoms with E-state index in [1.54, 1.807) is 0 Å². The maximum Gasteiger partial charge on any atom is 0.271 e. The van der Waals surface area contributed by atoms with Gasteiger partial charge in [0.2, 0.25) is 0 Å². The molecule has 1 aromatic heterocycles. The number of nitrogens with zero attached hydrogens (tertiary/aromatic N) is 2. The Morgan fingerprint density at radius 2 is 1.59 bits per heavy atom. The lowest BCUT2D eigenvalue weighted by atomic mass is 10.2. The molecule has 2 amide bonds. The van der Waals surface area contributed by atoms with Crippen molar-refractivity contribution in [2.45, 2.75) is 0 Å². The van der Waals surface area contributed by atoms with E-state index in [0.717, 1.165) is 6.07 Å². The lowest BCUT2D eigenvalue weighted by Crippen LogP contribution is -2.35. The highest BCUT2D eigenvalue weighted by molar-refractivity contribution is 5.95. The number of phenols is 2. The Balaban J connectivity index is 1.79. The van der Waals surface area contributed by atoms with Gasteiger partial charge in [0.05, 0.1) is 6.20 Å². The van der Waals surface area contributed by atoms with E-state index in [1.165, 1.54) is 30.7 Å². The highest BCUT2D eigenvalue weighted by Gasteiger charge is 2.09. The Labute approximate surface area is 125 Å². The highest BCUT2D eigenvalue weighted by atomic mass is 16.3. The van der Waals surface area contributed by atoms with Crippen LogP contribution in [0.3, 0.4) is 0 Å².